The van der Waals surface area contributed by atoms with E-state index >= 15 is 0 Å². The first-order valence-electron chi connectivity index (χ1n) is 29.9. The van der Waals surface area contributed by atoms with Crippen molar-refractivity contribution in [2.75, 3.05) is 13.2 Å². The molecule has 0 aromatic rings. The van der Waals surface area contributed by atoms with Crippen molar-refractivity contribution in [2.45, 2.75) is 263 Å². The van der Waals surface area contributed by atoms with Crippen molar-refractivity contribution in [1.82, 2.24) is 0 Å². The smallest absolute Gasteiger partial charge is 0.335 e. The van der Waals surface area contributed by atoms with Crippen LogP contribution in [-0.4, -0.2) is 89.2 Å². The molecular formula is C65H104O12. The van der Waals surface area contributed by atoms with Gasteiger partial charge in [-0.2, -0.15) is 0 Å². The molecule has 6 unspecified atom stereocenters. The molecule has 77 heavy (non-hydrogen) atoms. The molecule has 0 saturated carbocycles. The number of aliphatic hydroxyl groups is 2. The molecule has 1 aliphatic heterocycles. The van der Waals surface area contributed by atoms with Crippen LogP contribution in [0.15, 0.2) is 109 Å². The van der Waals surface area contributed by atoms with E-state index in [1.807, 2.05) is 12.2 Å². The van der Waals surface area contributed by atoms with E-state index in [2.05, 4.69) is 112 Å². The van der Waals surface area contributed by atoms with Gasteiger partial charge in [-0.05, 0) is 83.5 Å². The molecule has 12 nitrogen and oxygen atoms in total. The number of rotatable bonds is 49. The number of unbranched alkanes of at least 4 members (excludes halogenated alkanes) is 18. The monoisotopic (exact) mass is 1080 g/mol. The van der Waals surface area contributed by atoms with Gasteiger partial charge >= 0.3 is 23.9 Å². The predicted molar refractivity (Wildman–Crippen MR) is 312 cm³/mol. The molecule has 1 saturated heterocycles. The Bertz CT molecular complexity index is 1750. The Hall–Kier alpha value is -4.62. The highest BCUT2D eigenvalue weighted by molar-refractivity contribution is 5.74. The fourth-order valence-electron chi connectivity index (χ4n) is 8.37. The first-order valence-corrected chi connectivity index (χ1v) is 29.9. The molecule has 1 heterocycles. The van der Waals surface area contributed by atoms with Gasteiger partial charge in [-0.3, -0.25) is 14.4 Å². The molecule has 1 aliphatic rings. The summed E-state index contributed by atoms with van der Waals surface area (Å²) in [5.41, 5.74) is 0. The number of hydrogen-bond acceptors (Lipinski definition) is 11. The standard InChI is InChI=1S/C65H104O12/c1-4-7-10-13-16-19-22-25-28-29-32-35-38-41-44-47-50-53-59(68)76-63-61(70)60(69)62(64(71)72)77-65(63)74-55-56(75-58(67)52-49-46-43-40-37-34-31-27-24-21-18-15-12-9-6-3)54-73-57(66)51-48-45-42-39-36-33-30-26-23-20-17-14-11-8-5-2/h8-9,11-12,17-18,20-21,26-27,30-31,36-37,39-40,45,48,56,60-63,65,69-70H,4-7,10,13-16,19,22-25,28-29,32-35,38,41-44,46-47,49-55H2,1-3H3,(H,71,72)/b11-8-,12-9-,20-17-,21-18-,30-26-,31-27-,39-36-,40-37-,48-45-. The quantitative estimate of drug-likeness (QED) is 0.0228. The highest BCUT2D eigenvalue weighted by Crippen LogP contribution is 2.26. The summed E-state index contributed by atoms with van der Waals surface area (Å²) in [5, 5.41) is 31.5. The third-order valence-corrected chi connectivity index (χ3v) is 12.9. The molecule has 6 atom stereocenters. The molecule has 1 fully saturated rings. The Kier molecular flexibility index (Phi) is 47.6. The lowest BCUT2D eigenvalue weighted by atomic mass is 9.98. The maximum Gasteiger partial charge on any atom is 0.335 e. The van der Waals surface area contributed by atoms with Crippen LogP contribution in [0.4, 0.5) is 0 Å². The fraction of sp³-hybridized carbons (Fsp3) is 0.662. The van der Waals surface area contributed by atoms with Crippen LogP contribution in [0.25, 0.3) is 0 Å². The van der Waals surface area contributed by atoms with E-state index in [1.165, 1.54) is 77.0 Å². The fourth-order valence-corrected chi connectivity index (χ4v) is 8.37. The van der Waals surface area contributed by atoms with E-state index in [0.717, 1.165) is 89.9 Å². The number of aliphatic carboxylic acids is 1. The van der Waals surface area contributed by atoms with Gasteiger partial charge < -0.3 is 39.0 Å². The number of allylic oxidation sites excluding steroid dienone is 17. The summed E-state index contributed by atoms with van der Waals surface area (Å²) in [6, 6.07) is 0. The second-order valence-corrected chi connectivity index (χ2v) is 19.9. The van der Waals surface area contributed by atoms with E-state index in [4.69, 9.17) is 23.7 Å². The molecule has 436 valence electrons. The number of carboxylic acids is 1. The zero-order chi connectivity index (χ0) is 56.1. The van der Waals surface area contributed by atoms with Crippen molar-refractivity contribution in [1.29, 1.82) is 0 Å². The lowest BCUT2D eigenvalue weighted by Gasteiger charge is -2.40. The molecule has 0 spiro atoms. The van der Waals surface area contributed by atoms with Crippen molar-refractivity contribution in [3.63, 3.8) is 0 Å². The van der Waals surface area contributed by atoms with Crippen molar-refractivity contribution >= 4 is 23.9 Å². The average Bonchev–Trinajstić information content (AvgIpc) is 3.42. The minimum absolute atomic E-state index is 0.0279. The van der Waals surface area contributed by atoms with Gasteiger partial charge in [0.2, 0.25) is 0 Å². The largest absolute Gasteiger partial charge is 0.479 e. The van der Waals surface area contributed by atoms with Gasteiger partial charge in [0, 0.05) is 12.8 Å². The number of ether oxygens (including phenoxy) is 5. The molecule has 0 aromatic heterocycles. The molecule has 3 N–H and O–H groups in total. The number of hydrogen-bond donors (Lipinski definition) is 3. The predicted octanol–water partition coefficient (Wildman–Crippen LogP) is 15.4. The highest BCUT2D eigenvalue weighted by Gasteiger charge is 2.50. The lowest BCUT2D eigenvalue weighted by molar-refractivity contribution is -0.301. The van der Waals surface area contributed by atoms with Gasteiger partial charge in [-0.25, -0.2) is 4.79 Å². The average molecular weight is 1080 g/mol. The molecular weight excluding hydrogens is 973 g/mol. The first kappa shape index (κ1) is 70.4. The van der Waals surface area contributed by atoms with E-state index in [0.29, 0.717) is 19.3 Å². The Morgan fingerprint density at radius 3 is 1.31 bits per heavy atom. The summed E-state index contributed by atoms with van der Waals surface area (Å²) in [4.78, 5) is 51.1. The SMILES string of the molecule is CC/C=C\C/C=C\C/C=C\C/C=C\C/C=C\CC(=O)OCC(COC1OC(C(=O)O)C(O)C(O)C1OC(=O)CCCCCCCCCCCCCCCCCCC)OC(=O)CCCC/C=C\C/C=C\C/C=C\C/C=C\CC. The van der Waals surface area contributed by atoms with Crippen LogP contribution in [0.1, 0.15) is 226 Å². The van der Waals surface area contributed by atoms with Crippen molar-refractivity contribution < 1.29 is 58.2 Å². The van der Waals surface area contributed by atoms with Crippen LogP contribution in [0.5, 0.6) is 0 Å². The lowest BCUT2D eigenvalue weighted by Crippen LogP contribution is -2.61. The van der Waals surface area contributed by atoms with E-state index in [1.54, 1.807) is 6.08 Å². The van der Waals surface area contributed by atoms with Crippen LogP contribution in [0.3, 0.4) is 0 Å². The number of carbonyl (C=O) groups excluding carboxylic acids is 3. The summed E-state index contributed by atoms with van der Waals surface area (Å²) in [5.74, 6) is -3.35. The number of aliphatic hydroxyl groups excluding tert-OH is 2. The van der Waals surface area contributed by atoms with Gasteiger partial charge in [-0.1, -0.05) is 233 Å². The second kappa shape index (κ2) is 52.1. The third kappa shape index (κ3) is 42.1. The number of carbonyl (C=O) groups is 4. The third-order valence-electron chi connectivity index (χ3n) is 12.9. The van der Waals surface area contributed by atoms with Crippen molar-refractivity contribution in [3.8, 4) is 0 Å². The molecule has 0 bridgehead atoms. The van der Waals surface area contributed by atoms with Crippen molar-refractivity contribution in [2.24, 2.45) is 0 Å². The second-order valence-electron chi connectivity index (χ2n) is 19.9. The number of esters is 3. The summed E-state index contributed by atoms with van der Waals surface area (Å²) >= 11 is 0. The summed E-state index contributed by atoms with van der Waals surface area (Å²) < 4.78 is 28.3. The first-order chi connectivity index (χ1) is 37.6. The normalized spacial score (nSPS) is 18.8. The van der Waals surface area contributed by atoms with E-state index in [-0.39, 0.29) is 25.9 Å². The minimum Gasteiger partial charge on any atom is -0.479 e. The van der Waals surface area contributed by atoms with Gasteiger partial charge in [0.15, 0.2) is 24.6 Å². The van der Waals surface area contributed by atoms with Crippen molar-refractivity contribution in [3.05, 3.63) is 109 Å². The van der Waals surface area contributed by atoms with Crippen LogP contribution in [0.2, 0.25) is 0 Å². The topological polar surface area (TPSA) is 175 Å². The van der Waals surface area contributed by atoms with Crippen LogP contribution in [0, 0.1) is 0 Å². The maximum atomic E-state index is 13.1. The molecule has 0 aromatic carbocycles. The van der Waals surface area contributed by atoms with Gasteiger partial charge in [0.1, 0.15) is 18.8 Å². The van der Waals surface area contributed by atoms with Gasteiger partial charge in [0.05, 0.1) is 13.0 Å². The van der Waals surface area contributed by atoms with Gasteiger partial charge in [-0.15, -0.1) is 0 Å². The molecule has 0 amide bonds. The Morgan fingerprint density at radius 2 is 0.857 bits per heavy atom. The summed E-state index contributed by atoms with van der Waals surface area (Å²) in [6.45, 7) is 5.64. The van der Waals surface area contributed by atoms with Crippen LogP contribution < -0.4 is 0 Å². The zero-order valence-electron chi connectivity index (χ0n) is 47.9. The molecule has 0 radical (unpaired) electrons. The summed E-state index contributed by atoms with van der Waals surface area (Å²) in [6.07, 6.45) is 58.0. The van der Waals surface area contributed by atoms with E-state index in [9.17, 15) is 34.5 Å². The van der Waals surface area contributed by atoms with Crippen LogP contribution in [-0.2, 0) is 42.9 Å². The zero-order valence-corrected chi connectivity index (χ0v) is 47.9. The van der Waals surface area contributed by atoms with E-state index < -0.39 is 67.3 Å². The Balaban J connectivity index is 2.76. The maximum absolute atomic E-state index is 13.1. The van der Waals surface area contributed by atoms with Crippen LogP contribution >= 0.6 is 0 Å². The molecule has 1 rings (SSSR count). The Morgan fingerprint density at radius 1 is 0.455 bits per heavy atom. The minimum atomic E-state index is -1.92. The van der Waals surface area contributed by atoms with Gasteiger partial charge in [0.25, 0.3) is 0 Å². The number of carboxylic acid groups (broad SMARTS) is 1. The molecule has 12 heteroatoms. The Labute approximate surface area is 465 Å². The highest BCUT2D eigenvalue weighted by atomic mass is 16.7. The molecule has 0 aliphatic carbocycles. The summed E-state index contributed by atoms with van der Waals surface area (Å²) in [7, 11) is 0.